The highest BCUT2D eigenvalue weighted by Crippen LogP contribution is 2.31. The van der Waals surface area contributed by atoms with E-state index in [1.54, 1.807) is 7.05 Å². The zero-order valence-corrected chi connectivity index (χ0v) is 10.3. The Labute approximate surface area is 104 Å². The van der Waals surface area contributed by atoms with Crippen LogP contribution in [-0.4, -0.2) is 29.9 Å². The van der Waals surface area contributed by atoms with Crippen molar-refractivity contribution in [1.82, 2.24) is 5.32 Å². The minimum Gasteiger partial charge on any atom is -0.396 e. The highest BCUT2D eigenvalue weighted by Gasteiger charge is 2.19. The third-order valence-electron chi connectivity index (χ3n) is 2.22. The van der Waals surface area contributed by atoms with Crippen LogP contribution < -0.4 is 11.1 Å². The fourth-order valence-electron chi connectivity index (χ4n) is 1.32. The van der Waals surface area contributed by atoms with Crippen LogP contribution in [0.4, 0.5) is 5.69 Å². The van der Waals surface area contributed by atoms with Crippen LogP contribution in [0.3, 0.4) is 0 Å². The van der Waals surface area contributed by atoms with Crippen molar-refractivity contribution >= 4 is 28.9 Å². The maximum absolute atomic E-state index is 9.81. The van der Waals surface area contributed by atoms with Crippen molar-refractivity contribution in [2.24, 2.45) is 0 Å². The first-order chi connectivity index (χ1) is 7.47. The number of nitrogens with two attached hydrogens (primary N) is 1. The average molecular weight is 265 g/mol. The Hall–Kier alpha value is -0.520. The number of nitrogens with one attached hydrogen (secondary N) is 1. The minimum atomic E-state index is -1.05. The van der Waals surface area contributed by atoms with Gasteiger partial charge in [-0.2, -0.15) is 0 Å². The number of hydrogen-bond donors (Lipinski definition) is 4. The molecule has 90 valence electrons. The summed E-state index contributed by atoms with van der Waals surface area (Å²) in [5.74, 6) is 0. The summed E-state index contributed by atoms with van der Waals surface area (Å²) in [6, 6.07) is 2.98. The number of rotatable bonds is 4. The van der Waals surface area contributed by atoms with Crippen molar-refractivity contribution in [2.45, 2.75) is 12.2 Å². The topological polar surface area (TPSA) is 78.5 Å². The number of halogens is 2. The van der Waals surface area contributed by atoms with E-state index >= 15 is 0 Å². The molecule has 0 saturated heterocycles. The molecule has 0 amide bonds. The molecule has 0 aromatic heterocycles. The fourth-order valence-corrected chi connectivity index (χ4v) is 1.82. The van der Waals surface area contributed by atoms with Crippen molar-refractivity contribution in [1.29, 1.82) is 0 Å². The van der Waals surface area contributed by atoms with Gasteiger partial charge in [-0.3, -0.25) is 0 Å². The molecule has 0 heterocycles. The van der Waals surface area contributed by atoms with Crippen LogP contribution in [0.1, 0.15) is 11.7 Å². The van der Waals surface area contributed by atoms with Crippen LogP contribution in [0.25, 0.3) is 0 Å². The molecule has 0 saturated carbocycles. The Morgan fingerprint density at radius 3 is 2.25 bits per heavy atom. The molecule has 0 bridgehead atoms. The molecule has 0 aliphatic heterocycles. The summed E-state index contributed by atoms with van der Waals surface area (Å²) < 4.78 is 0. The highest BCUT2D eigenvalue weighted by molar-refractivity contribution is 6.38. The fraction of sp³-hybridized carbons (Fsp3) is 0.400. The molecular formula is C10H14Cl2N2O2. The Morgan fingerprint density at radius 2 is 1.81 bits per heavy atom. The number of hydrogen-bond acceptors (Lipinski definition) is 4. The number of nitrogen functional groups attached to an aromatic ring is 1. The van der Waals surface area contributed by atoms with Crippen molar-refractivity contribution < 1.29 is 10.2 Å². The van der Waals surface area contributed by atoms with Gasteiger partial charge < -0.3 is 21.3 Å². The summed E-state index contributed by atoms with van der Waals surface area (Å²) in [5, 5.41) is 22.7. The first kappa shape index (κ1) is 13.5. The molecule has 0 aliphatic rings. The Balaban J connectivity index is 2.96. The Morgan fingerprint density at radius 1 is 1.31 bits per heavy atom. The number of likely N-dealkylation sites (N-methyl/N-ethyl adjacent to an activating group) is 1. The molecule has 0 fully saturated rings. The molecule has 0 radical (unpaired) electrons. The number of benzene rings is 1. The molecule has 5 N–H and O–H groups in total. The summed E-state index contributed by atoms with van der Waals surface area (Å²) in [6.07, 6.45) is -1.98. The van der Waals surface area contributed by atoms with E-state index in [1.165, 1.54) is 12.1 Å². The Kier molecular flexibility index (Phi) is 4.83. The van der Waals surface area contributed by atoms with Gasteiger partial charge in [0.2, 0.25) is 0 Å². The van der Waals surface area contributed by atoms with E-state index < -0.39 is 12.2 Å². The van der Waals surface area contributed by atoms with E-state index in [2.05, 4.69) is 5.32 Å². The van der Waals surface area contributed by atoms with Crippen LogP contribution in [0, 0.1) is 0 Å². The lowest BCUT2D eigenvalue weighted by Gasteiger charge is -2.18. The largest absolute Gasteiger partial charge is 0.396 e. The van der Waals surface area contributed by atoms with Gasteiger partial charge in [0.15, 0.2) is 0 Å². The summed E-state index contributed by atoms with van der Waals surface area (Å²) >= 11 is 11.7. The van der Waals surface area contributed by atoms with Gasteiger partial charge >= 0.3 is 0 Å². The van der Waals surface area contributed by atoms with Crippen molar-refractivity contribution in [3.05, 3.63) is 27.7 Å². The molecular weight excluding hydrogens is 251 g/mol. The van der Waals surface area contributed by atoms with E-state index in [4.69, 9.17) is 28.9 Å². The summed E-state index contributed by atoms with van der Waals surface area (Å²) in [6.45, 7) is 0.265. The molecule has 16 heavy (non-hydrogen) atoms. The third-order valence-corrected chi connectivity index (χ3v) is 2.85. The predicted molar refractivity (Wildman–Crippen MR) is 65.8 cm³/mol. The zero-order valence-electron chi connectivity index (χ0n) is 8.74. The maximum atomic E-state index is 9.81. The molecule has 2 unspecified atom stereocenters. The van der Waals surface area contributed by atoms with E-state index in [0.29, 0.717) is 5.56 Å². The van der Waals surface area contributed by atoms with Crippen LogP contribution in [-0.2, 0) is 0 Å². The van der Waals surface area contributed by atoms with Gasteiger partial charge in [-0.25, -0.2) is 0 Å². The smallest absolute Gasteiger partial charge is 0.106 e. The quantitative estimate of drug-likeness (QED) is 0.617. The number of aliphatic hydroxyl groups is 2. The lowest BCUT2D eigenvalue weighted by Crippen LogP contribution is -2.29. The Bertz CT molecular complexity index is 351. The molecule has 1 rings (SSSR count). The van der Waals surface area contributed by atoms with Crippen molar-refractivity contribution in [2.75, 3.05) is 19.3 Å². The monoisotopic (exact) mass is 264 g/mol. The molecule has 1 aromatic carbocycles. The van der Waals surface area contributed by atoms with E-state index in [-0.39, 0.29) is 22.3 Å². The molecule has 0 aliphatic carbocycles. The standard InChI is InChI=1S/C10H14Cl2N2O2/c1-14-4-8(15)10(16)5-2-6(11)9(13)7(12)3-5/h2-3,8,10,14-16H,4,13H2,1H3. The molecule has 0 spiro atoms. The minimum absolute atomic E-state index is 0.262. The van der Waals surface area contributed by atoms with Gasteiger partial charge in [-0.1, -0.05) is 23.2 Å². The first-order valence-electron chi connectivity index (χ1n) is 4.72. The highest BCUT2D eigenvalue weighted by atomic mass is 35.5. The molecule has 1 aromatic rings. The SMILES string of the molecule is CNCC(O)C(O)c1cc(Cl)c(N)c(Cl)c1. The second-order valence-electron chi connectivity index (χ2n) is 3.47. The summed E-state index contributed by atoms with van der Waals surface area (Å²) in [7, 11) is 1.68. The van der Waals surface area contributed by atoms with Crippen LogP contribution >= 0.6 is 23.2 Å². The maximum Gasteiger partial charge on any atom is 0.106 e. The normalized spacial score (nSPS) is 14.8. The number of aliphatic hydroxyl groups excluding tert-OH is 2. The van der Waals surface area contributed by atoms with Gasteiger partial charge in [-0.05, 0) is 24.7 Å². The van der Waals surface area contributed by atoms with Gasteiger partial charge in [0.05, 0.1) is 21.8 Å². The van der Waals surface area contributed by atoms with Crippen molar-refractivity contribution in [3.63, 3.8) is 0 Å². The second-order valence-corrected chi connectivity index (χ2v) is 4.28. The lowest BCUT2D eigenvalue weighted by molar-refractivity contribution is 0.0202. The number of anilines is 1. The van der Waals surface area contributed by atoms with Gasteiger partial charge in [0.1, 0.15) is 6.10 Å². The van der Waals surface area contributed by atoms with Gasteiger partial charge in [0, 0.05) is 6.54 Å². The summed E-state index contributed by atoms with van der Waals surface area (Å²) in [5.41, 5.74) is 6.27. The van der Waals surface area contributed by atoms with Crippen LogP contribution in [0.5, 0.6) is 0 Å². The molecule has 2 atom stereocenters. The lowest BCUT2D eigenvalue weighted by atomic mass is 10.0. The molecule has 6 heteroatoms. The van der Waals surface area contributed by atoms with Gasteiger partial charge in [0.25, 0.3) is 0 Å². The average Bonchev–Trinajstić information content (AvgIpc) is 2.24. The predicted octanol–water partition coefficient (Wildman–Crippen LogP) is 1.19. The van der Waals surface area contributed by atoms with E-state index in [1.807, 2.05) is 0 Å². The zero-order chi connectivity index (χ0) is 12.3. The van der Waals surface area contributed by atoms with Crippen LogP contribution in [0.2, 0.25) is 10.0 Å². The molecule has 4 nitrogen and oxygen atoms in total. The van der Waals surface area contributed by atoms with Crippen LogP contribution in [0.15, 0.2) is 12.1 Å². The van der Waals surface area contributed by atoms with E-state index in [9.17, 15) is 10.2 Å². The summed E-state index contributed by atoms with van der Waals surface area (Å²) in [4.78, 5) is 0. The van der Waals surface area contributed by atoms with E-state index in [0.717, 1.165) is 0 Å². The first-order valence-corrected chi connectivity index (χ1v) is 5.48. The third kappa shape index (κ3) is 2.99. The van der Waals surface area contributed by atoms with Gasteiger partial charge in [-0.15, -0.1) is 0 Å². The van der Waals surface area contributed by atoms with Crippen molar-refractivity contribution in [3.8, 4) is 0 Å². The second kappa shape index (κ2) is 5.70.